The number of nitrogens with zero attached hydrogens (tertiary/aromatic N) is 1. The van der Waals surface area contributed by atoms with Gasteiger partial charge in [-0.2, -0.15) is 5.48 Å². The molecule has 1 rings (SSSR count). The van der Waals surface area contributed by atoms with Gasteiger partial charge in [-0.1, -0.05) is 0 Å². The maximum atomic E-state index is 12.5. The van der Waals surface area contributed by atoms with E-state index in [4.69, 9.17) is 4.84 Å². The van der Waals surface area contributed by atoms with Crippen molar-refractivity contribution in [1.29, 1.82) is 0 Å². The molecule has 0 radical (unpaired) electrons. The predicted octanol–water partition coefficient (Wildman–Crippen LogP) is 0.642. The average Bonchev–Trinajstić information content (AvgIpc) is 2.49. The molecule has 1 heterocycles. The van der Waals surface area contributed by atoms with Crippen molar-refractivity contribution in [2.24, 2.45) is 0 Å². The molecule has 120 valence electrons. The molecule has 2 unspecified atom stereocenters. The predicted molar refractivity (Wildman–Crippen MR) is 78.7 cm³/mol. The molecule has 0 bridgehead atoms. The van der Waals surface area contributed by atoms with Crippen LogP contribution in [0.15, 0.2) is 0 Å². The SMILES string of the molecule is CCONCSC(CC=O)C(=O)N1CCCCC1C(=O)O. The lowest BCUT2D eigenvalue weighted by atomic mass is 10.0. The Hall–Kier alpha value is -1.12. The lowest BCUT2D eigenvalue weighted by Crippen LogP contribution is -2.51. The van der Waals surface area contributed by atoms with E-state index in [1.807, 2.05) is 6.92 Å². The molecular weight excluding hydrogens is 296 g/mol. The average molecular weight is 318 g/mol. The number of piperidine rings is 1. The van der Waals surface area contributed by atoms with Crippen LogP contribution in [0.5, 0.6) is 0 Å². The summed E-state index contributed by atoms with van der Waals surface area (Å²) in [4.78, 5) is 40.8. The minimum atomic E-state index is -0.981. The molecule has 0 saturated carbocycles. The summed E-state index contributed by atoms with van der Waals surface area (Å²) in [6.07, 6.45) is 2.83. The van der Waals surface area contributed by atoms with Crippen molar-refractivity contribution >= 4 is 29.9 Å². The molecule has 0 aromatic heterocycles. The van der Waals surface area contributed by atoms with Crippen molar-refractivity contribution < 1.29 is 24.3 Å². The van der Waals surface area contributed by atoms with Crippen LogP contribution in [0.2, 0.25) is 0 Å². The van der Waals surface area contributed by atoms with Crippen molar-refractivity contribution in [2.75, 3.05) is 19.0 Å². The van der Waals surface area contributed by atoms with Crippen molar-refractivity contribution in [3.05, 3.63) is 0 Å². The summed E-state index contributed by atoms with van der Waals surface area (Å²) in [5, 5.41) is 8.64. The number of carboxylic acids is 1. The second kappa shape index (κ2) is 9.75. The Bertz CT molecular complexity index is 366. The first kappa shape index (κ1) is 17.9. The van der Waals surface area contributed by atoms with Gasteiger partial charge in [-0.25, -0.2) is 4.79 Å². The topological polar surface area (TPSA) is 95.9 Å². The number of amides is 1. The van der Waals surface area contributed by atoms with E-state index in [2.05, 4.69) is 5.48 Å². The quantitative estimate of drug-likeness (QED) is 0.279. The molecule has 1 saturated heterocycles. The third-order valence-electron chi connectivity index (χ3n) is 3.25. The summed E-state index contributed by atoms with van der Waals surface area (Å²) in [7, 11) is 0. The zero-order valence-corrected chi connectivity index (χ0v) is 12.9. The molecule has 21 heavy (non-hydrogen) atoms. The molecule has 7 nitrogen and oxygen atoms in total. The van der Waals surface area contributed by atoms with Crippen molar-refractivity contribution in [3.8, 4) is 0 Å². The number of rotatable bonds is 9. The molecule has 1 aliphatic rings. The van der Waals surface area contributed by atoms with E-state index in [1.165, 1.54) is 16.7 Å². The number of carbonyl (C=O) groups is 3. The molecule has 2 atom stereocenters. The van der Waals surface area contributed by atoms with E-state index in [-0.39, 0.29) is 12.3 Å². The van der Waals surface area contributed by atoms with E-state index >= 15 is 0 Å². The smallest absolute Gasteiger partial charge is 0.326 e. The first-order valence-corrected chi connectivity index (χ1v) is 8.09. The van der Waals surface area contributed by atoms with E-state index < -0.39 is 17.3 Å². The second-order valence-corrected chi connectivity index (χ2v) is 5.85. The zero-order valence-electron chi connectivity index (χ0n) is 12.1. The molecule has 1 aliphatic heterocycles. The number of carbonyl (C=O) groups excluding carboxylic acids is 2. The van der Waals surface area contributed by atoms with Gasteiger partial charge in [-0.05, 0) is 26.2 Å². The third-order valence-corrected chi connectivity index (χ3v) is 4.33. The van der Waals surface area contributed by atoms with Gasteiger partial charge in [0.25, 0.3) is 0 Å². The van der Waals surface area contributed by atoms with Crippen LogP contribution >= 0.6 is 11.8 Å². The van der Waals surface area contributed by atoms with Gasteiger partial charge in [0, 0.05) is 13.0 Å². The van der Waals surface area contributed by atoms with Gasteiger partial charge in [0.2, 0.25) is 5.91 Å². The summed E-state index contributed by atoms with van der Waals surface area (Å²) in [5.41, 5.74) is 2.68. The first-order valence-electron chi connectivity index (χ1n) is 7.05. The van der Waals surface area contributed by atoms with E-state index in [9.17, 15) is 19.5 Å². The lowest BCUT2D eigenvalue weighted by Gasteiger charge is -2.35. The summed E-state index contributed by atoms with van der Waals surface area (Å²) in [5.74, 6) is -0.897. The van der Waals surface area contributed by atoms with E-state index in [1.54, 1.807) is 0 Å². The van der Waals surface area contributed by atoms with E-state index in [0.29, 0.717) is 31.7 Å². The maximum Gasteiger partial charge on any atom is 0.326 e. The van der Waals surface area contributed by atoms with Crippen LogP contribution in [0.4, 0.5) is 0 Å². The summed E-state index contributed by atoms with van der Waals surface area (Å²) >= 11 is 1.25. The van der Waals surface area contributed by atoms with Gasteiger partial charge >= 0.3 is 5.97 Å². The Morgan fingerprint density at radius 2 is 2.29 bits per heavy atom. The molecule has 0 aliphatic carbocycles. The number of hydrogen-bond donors (Lipinski definition) is 2. The van der Waals surface area contributed by atoms with Gasteiger partial charge in [0.15, 0.2) is 0 Å². The Labute approximate surface area is 128 Å². The lowest BCUT2D eigenvalue weighted by molar-refractivity contribution is -0.151. The largest absolute Gasteiger partial charge is 0.480 e. The molecule has 0 aromatic carbocycles. The highest BCUT2D eigenvalue weighted by atomic mass is 32.2. The summed E-state index contributed by atoms with van der Waals surface area (Å²) in [6, 6.07) is -0.777. The van der Waals surface area contributed by atoms with E-state index in [0.717, 1.165) is 12.8 Å². The Morgan fingerprint density at radius 3 is 2.90 bits per heavy atom. The Morgan fingerprint density at radius 1 is 1.52 bits per heavy atom. The Kier molecular flexibility index (Phi) is 8.33. The zero-order chi connectivity index (χ0) is 15.7. The molecular formula is C13H22N2O5S. The second-order valence-electron chi connectivity index (χ2n) is 4.66. The number of thioether (sulfide) groups is 1. The molecule has 8 heteroatoms. The highest BCUT2D eigenvalue weighted by Crippen LogP contribution is 2.23. The minimum absolute atomic E-state index is 0.0696. The monoisotopic (exact) mass is 318 g/mol. The molecule has 0 aromatic rings. The molecule has 1 fully saturated rings. The summed E-state index contributed by atoms with van der Waals surface area (Å²) in [6.45, 7) is 2.77. The van der Waals surface area contributed by atoms with Crippen LogP contribution in [0.1, 0.15) is 32.6 Å². The van der Waals surface area contributed by atoms with Gasteiger partial charge in [0.05, 0.1) is 17.7 Å². The maximum absolute atomic E-state index is 12.5. The minimum Gasteiger partial charge on any atom is -0.480 e. The van der Waals surface area contributed by atoms with Crippen LogP contribution < -0.4 is 5.48 Å². The molecule has 1 amide bonds. The van der Waals surface area contributed by atoms with Gasteiger partial charge in [-0.15, -0.1) is 11.8 Å². The third kappa shape index (κ3) is 5.64. The number of likely N-dealkylation sites (tertiary alicyclic amines) is 1. The fourth-order valence-corrected chi connectivity index (χ4v) is 3.09. The standard InChI is InChI=1S/C13H22N2O5S/c1-2-20-14-9-21-11(6-8-16)12(17)15-7-4-3-5-10(15)13(18)19/h8,10-11,14H,2-7,9H2,1H3,(H,18,19). The van der Waals surface area contributed by atoms with Crippen molar-refractivity contribution in [3.63, 3.8) is 0 Å². The van der Waals surface area contributed by atoms with Gasteiger partial charge in [0.1, 0.15) is 12.3 Å². The fourth-order valence-electron chi connectivity index (χ4n) is 2.24. The van der Waals surface area contributed by atoms with Gasteiger partial charge < -0.3 is 19.6 Å². The summed E-state index contributed by atoms with van der Waals surface area (Å²) < 4.78 is 0. The van der Waals surface area contributed by atoms with Crippen LogP contribution in [0.3, 0.4) is 0 Å². The Balaban J connectivity index is 2.64. The van der Waals surface area contributed by atoms with Crippen LogP contribution in [-0.2, 0) is 19.2 Å². The number of hydrogen-bond acceptors (Lipinski definition) is 6. The highest BCUT2D eigenvalue weighted by molar-refractivity contribution is 8.00. The number of carboxylic acid groups (broad SMARTS) is 1. The number of nitrogens with one attached hydrogen (secondary N) is 1. The molecule has 2 N–H and O–H groups in total. The van der Waals surface area contributed by atoms with Crippen LogP contribution in [0, 0.1) is 0 Å². The van der Waals surface area contributed by atoms with Crippen LogP contribution in [0.25, 0.3) is 0 Å². The van der Waals surface area contributed by atoms with Crippen LogP contribution in [-0.4, -0.2) is 58.5 Å². The number of hydroxylamine groups is 1. The van der Waals surface area contributed by atoms with Crippen molar-refractivity contribution in [2.45, 2.75) is 43.9 Å². The number of aldehydes is 1. The fraction of sp³-hybridized carbons (Fsp3) is 0.769. The first-order chi connectivity index (χ1) is 10.1. The normalized spacial score (nSPS) is 20.0. The highest BCUT2D eigenvalue weighted by Gasteiger charge is 2.35. The number of aliphatic carboxylic acids is 1. The molecule has 0 spiro atoms. The van der Waals surface area contributed by atoms with Gasteiger partial charge in [-0.3, -0.25) is 4.79 Å². The van der Waals surface area contributed by atoms with Crippen molar-refractivity contribution in [1.82, 2.24) is 10.4 Å².